The molecule has 0 fully saturated rings. The molecule has 0 saturated carbocycles. The Labute approximate surface area is 172 Å². The van der Waals surface area contributed by atoms with E-state index in [1.54, 1.807) is 0 Å². The molecule has 0 spiro atoms. The normalized spacial score (nSPS) is 10.5. The van der Waals surface area contributed by atoms with Crippen molar-refractivity contribution in [1.29, 1.82) is 0 Å². The number of aromatic nitrogens is 3. The van der Waals surface area contributed by atoms with Gasteiger partial charge < -0.3 is 10.3 Å². The number of nitrogens with one attached hydrogen (secondary N) is 1. The predicted molar refractivity (Wildman–Crippen MR) is 114 cm³/mol. The summed E-state index contributed by atoms with van der Waals surface area (Å²) in [4.78, 5) is 12.4. The molecule has 0 bridgehead atoms. The van der Waals surface area contributed by atoms with E-state index in [-0.39, 0.29) is 16.8 Å². The number of thioether (sulfide) groups is 1. The van der Waals surface area contributed by atoms with Crippen LogP contribution >= 0.6 is 24.0 Å². The third-order valence-electron chi connectivity index (χ3n) is 3.91. The lowest BCUT2D eigenvalue weighted by Gasteiger charge is -2.23. The first-order valence-electron chi connectivity index (χ1n) is 8.52. The van der Waals surface area contributed by atoms with Gasteiger partial charge in [0.15, 0.2) is 16.1 Å². The van der Waals surface area contributed by atoms with Crippen molar-refractivity contribution in [2.24, 2.45) is 12.8 Å². The van der Waals surface area contributed by atoms with Crippen molar-refractivity contribution in [3.8, 4) is 11.4 Å². The van der Waals surface area contributed by atoms with Gasteiger partial charge in [0.25, 0.3) is 0 Å². The zero-order valence-electron chi connectivity index (χ0n) is 15.3. The standard InChI is InChI=1S/C19H20N6OS2/c1-24-17(15-10-6-3-7-11-15)21-22-19(24)28-13-16(26)23-25(18(20)27)12-14-8-4-2-5-9-14/h2-11H,12-13H2,1H3,(H2,20,27)(H,23,26). The number of thiocarbonyl (C=S) groups is 1. The lowest BCUT2D eigenvalue weighted by Crippen LogP contribution is -2.48. The highest BCUT2D eigenvalue weighted by Gasteiger charge is 2.15. The predicted octanol–water partition coefficient (Wildman–Crippen LogP) is 2.35. The lowest BCUT2D eigenvalue weighted by molar-refractivity contribution is -0.121. The Kier molecular flexibility index (Phi) is 6.62. The Morgan fingerprint density at radius 3 is 2.43 bits per heavy atom. The topological polar surface area (TPSA) is 89.1 Å². The van der Waals surface area contributed by atoms with Crippen molar-refractivity contribution in [1.82, 2.24) is 25.2 Å². The van der Waals surface area contributed by atoms with Gasteiger partial charge in [-0.25, -0.2) is 0 Å². The number of amides is 1. The van der Waals surface area contributed by atoms with Gasteiger partial charge in [0.05, 0.1) is 12.3 Å². The van der Waals surface area contributed by atoms with Crippen LogP contribution in [0.3, 0.4) is 0 Å². The quantitative estimate of drug-likeness (QED) is 0.365. The van der Waals surface area contributed by atoms with Crippen LogP contribution in [0.15, 0.2) is 65.8 Å². The maximum atomic E-state index is 12.4. The monoisotopic (exact) mass is 412 g/mol. The Hall–Kier alpha value is -2.91. The van der Waals surface area contributed by atoms with Crippen LogP contribution in [-0.2, 0) is 18.4 Å². The Morgan fingerprint density at radius 2 is 1.79 bits per heavy atom. The molecule has 0 aliphatic carbocycles. The van der Waals surface area contributed by atoms with Crippen molar-refractivity contribution >= 4 is 35.0 Å². The van der Waals surface area contributed by atoms with Crippen LogP contribution < -0.4 is 11.2 Å². The van der Waals surface area contributed by atoms with Crippen molar-refractivity contribution in [3.63, 3.8) is 0 Å². The molecule has 9 heteroatoms. The largest absolute Gasteiger partial charge is 0.375 e. The Morgan fingerprint density at radius 1 is 1.14 bits per heavy atom. The van der Waals surface area contributed by atoms with Crippen LogP contribution in [0.4, 0.5) is 0 Å². The average Bonchev–Trinajstić information content (AvgIpc) is 3.07. The number of nitrogens with two attached hydrogens (primary N) is 1. The van der Waals surface area contributed by atoms with Crippen molar-refractivity contribution in [3.05, 3.63) is 66.2 Å². The molecule has 144 valence electrons. The summed E-state index contributed by atoms with van der Waals surface area (Å²) in [6.07, 6.45) is 0. The summed E-state index contributed by atoms with van der Waals surface area (Å²) in [6.45, 7) is 0.398. The maximum Gasteiger partial charge on any atom is 0.249 e. The lowest BCUT2D eigenvalue weighted by atomic mass is 10.2. The van der Waals surface area contributed by atoms with E-state index in [1.165, 1.54) is 16.8 Å². The van der Waals surface area contributed by atoms with E-state index in [2.05, 4.69) is 15.6 Å². The van der Waals surface area contributed by atoms with E-state index >= 15 is 0 Å². The van der Waals surface area contributed by atoms with Gasteiger partial charge in [-0.15, -0.1) is 10.2 Å². The first-order valence-corrected chi connectivity index (χ1v) is 9.92. The second-order valence-electron chi connectivity index (χ2n) is 5.96. The second-order valence-corrected chi connectivity index (χ2v) is 7.33. The van der Waals surface area contributed by atoms with E-state index in [0.717, 1.165) is 17.0 Å². The summed E-state index contributed by atoms with van der Waals surface area (Å²) in [5.41, 5.74) is 10.4. The van der Waals surface area contributed by atoms with Crippen LogP contribution in [-0.4, -0.2) is 36.5 Å². The third-order valence-corrected chi connectivity index (χ3v) is 5.15. The summed E-state index contributed by atoms with van der Waals surface area (Å²) in [7, 11) is 1.87. The van der Waals surface area contributed by atoms with E-state index in [9.17, 15) is 4.79 Å². The SMILES string of the molecule is Cn1c(SCC(=O)NN(Cc2ccccc2)C(N)=S)nnc1-c1ccccc1. The zero-order valence-corrected chi connectivity index (χ0v) is 16.9. The molecule has 1 aromatic heterocycles. The Bertz CT molecular complexity index is 946. The number of hydrogen-bond donors (Lipinski definition) is 2. The minimum atomic E-state index is -0.224. The number of hydrogen-bond acceptors (Lipinski definition) is 5. The Balaban J connectivity index is 1.59. The van der Waals surface area contributed by atoms with E-state index in [0.29, 0.717) is 11.7 Å². The molecule has 1 amide bonds. The van der Waals surface area contributed by atoms with E-state index in [1.807, 2.05) is 72.3 Å². The maximum absolute atomic E-state index is 12.4. The fraction of sp³-hybridized carbons (Fsp3) is 0.158. The van der Waals surface area contributed by atoms with Crippen LogP contribution in [0.2, 0.25) is 0 Å². The van der Waals surface area contributed by atoms with Crippen LogP contribution in [0.5, 0.6) is 0 Å². The van der Waals surface area contributed by atoms with Crippen molar-refractivity contribution in [2.45, 2.75) is 11.7 Å². The molecular weight excluding hydrogens is 392 g/mol. The molecule has 0 aliphatic rings. The molecule has 3 N–H and O–H groups in total. The smallest absolute Gasteiger partial charge is 0.249 e. The van der Waals surface area contributed by atoms with Gasteiger partial charge in [-0.2, -0.15) is 0 Å². The molecule has 1 heterocycles. The minimum absolute atomic E-state index is 0.104. The summed E-state index contributed by atoms with van der Waals surface area (Å²) < 4.78 is 1.86. The summed E-state index contributed by atoms with van der Waals surface area (Å²) >= 11 is 6.34. The second kappa shape index (κ2) is 9.34. The van der Waals surface area contributed by atoms with E-state index < -0.39 is 0 Å². The highest BCUT2D eigenvalue weighted by molar-refractivity contribution is 7.99. The first-order chi connectivity index (χ1) is 13.5. The highest BCUT2D eigenvalue weighted by Crippen LogP contribution is 2.22. The number of nitrogens with zero attached hydrogens (tertiary/aromatic N) is 4. The number of carbonyl (C=O) groups is 1. The molecule has 0 radical (unpaired) electrons. The minimum Gasteiger partial charge on any atom is -0.375 e. The molecule has 0 saturated heterocycles. The first kappa shape index (κ1) is 19.8. The fourth-order valence-corrected chi connectivity index (χ4v) is 3.34. The molecular formula is C19H20N6OS2. The van der Waals surface area contributed by atoms with Gasteiger partial charge in [-0.3, -0.25) is 15.2 Å². The third kappa shape index (κ3) is 5.08. The molecule has 0 unspecified atom stereocenters. The van der Waals surface area contributed by atoms with Gasteiger partial charge in [-0.1, -0.05) is 72.4 Å². The molecule has 0 atom stereocenters. The van der Waals surface area contributed by atoms with Crippen LogP contribution in [0.1, 0.15) is 5.56 Å². The number of carbonyl (C=O) groups excluding carboxylic acids is 1. The van der Waals surface area contributed by atoms with Crippen molar-refractivity contribution in [2.75, 3.05) is 5.75 Å². The molecule has 28 heavy (non-hydrogen) atoms. The van der Waals surface area contributed by atoms with Crippen LogP contribution in [0, 0.1) is 0 Å². The average molecular weight is 413 g/mol. The van der Waals surface area contributed by atoms with Crippen LogP contribution in [0.25, 0.3) is 11.4 Å². The van der Waals surface area contributed by atoms with Crippen molar-refractivity contribution < 1.29 is 4.79 Å². The summed E-state index contributed by atoms with van der Waals surface area (Å²) in [5, 5.41) is 10.6. The van der Waals surface area contributed by atoms with Gasteiger partial charge in [0.1, 0.15) is 0 Å². The van der Waals surface area contributed by atoms with Gasteiger partial charge >= 0.3 is 0 Å². The number of hydrazine groups is 1. The summed E-state index contributed by atoms with van der Waals surface area (Å²) in [6, 6.07) is 19.4. The highest BCUT2D eigenvalue weighted by atomic mass is 32.2. The number of benzene rings is 2. The molecule has 2 aromatic carbocycles. The van der Waals surface area contributed by atoms with E-state index in [4.69, 9.17) is 18.0 Å². The molecule has 3 rings (SSSR count). The number of rotatable bonds is 6. The fourth-order valence-electron chi connectivity index (χ4n) is 2.53. The molecule has 7 nitrogen and oxygen atoms in total. The van der Waals surface area contributed by atoms with Gasteiger partial charge in [-0.05, 0) is 17.8 Å². The van der Waals surface area contributed by atoms with Gasteiger partial charge in [0, 0.05) is 12.6 Å². The van der Waals surface area contributed by atoms with Gasteiger partial charge in [0.2, 0.25) is 5.91 Å². The summed E-state index contributed by atoms with van der Waals surface area (Å²) in [5.74, 6) is 0.685. The molecule has 0 aliphatic heterocycles. The zero-order chi connectivity index (χ0) is 19.9. The molecule has 3 aromatic rings.